The summed E-state index contributed by atoms with van der Waals surface area (Å²) in [5, 5.41) is 10.6. The van der Waals surface area contributed by atoms with E-state index in [1.165, 1.54) is 18.1 Å². The zero-order valence-corrected chi connectivity index (χ0v) is 16.3. The van der Waals surface area contributed by atoms with Gasteiger partial charge in [-0.15, -0.1) is 0 Å². The van der Waals surface area contributed by atoms with Gasteiger partial charge in [-0.05, 0) is 65.7 Å². The fraction of sp³-hybridized carbons (Fsp3) is 0.682. The number of hydrogen-bond donors (Lipinski definition) is 1. The van der Waals surface area contributed by atoms with E-state index in [-0.39, 0.29) is 16.8 Å². The van der Waals surface area contributed by atoms with E-state index in [2.05, 4.69) is 33.8 Å². The van der Waals surface area contributed by atoms with Crippen molar-refractivity contribution in [2.75, 3.05) is 6.61 Å². The summed E-state index contributed by atoms with van der Waals surface area (Å²) < 4.78 is 5.45. The maximum atomic E-state index is 11.4. The van der Waals surface area contributed by atoms with Crippen LogP contribution in [0, 0.1) is 11.3 Å². The van der Waals surface area contributed by atoms with E-state index in [0.29, 0.717) is 24.2 Å². The molecule has 1 aromatic rings. The summed E-state index contributed by atoms with van der Waals surface area (Å²) in [4.78, 5) is 11.4. The summed E-state index contributed by atoms with van der Waals surface area (Å²) >= 11 is 0. The summed E-state index contributed by atoms with van der Waals surface area (Å²) in [6.07, 6.45) is 5.55. The number of aryl methyl sites for hydroxylation is 1. The molecule has 0 aromatic heterocycles. The van der Waals surface area contributed by atoms with Gasteiger partial charge in [-0.3, -0.25) is 4.79 Å². The summed E-state index contributed by atoms with van der Waals surface area (Å²) in [5.41, 5.74) is 3.84. The van der Waals surface area contributed by atoms with Crippen molar-refractivity contribution in [1.29, 1.82) is 0 Å². The van der Waals surface area contributed by atoms with Crippen molar-refractivity contribution in [1.82, 2.24) is 0 Å². The van der Waals surface area contributed by atoms with Gasteiger partial charge in [-0.25, -0.2) is 0 Å². The zero-order chi connectivity index (χ0) is 18.4. The fourth-order valence-corrected chi connectivity index (χ4v) is 5.56. The largest absolute Gasteiger partial charge is 0.508 e. The van der Waals surface area contributed by atoms with Crippen LogP contribution < -0.4 is 0 Å². The molecule has 25 heavy (non-hydrogen) atoms. The van der Waals surface area contributed by atoms with Crippen LogP contribution in [0.25, 0.3) is 0 Å². The second kappa shape index (κ2) is 6.34. The first-order valence-electron chi connectivity index (χ1n) is 9.67. The number of hydrogen-bond acceptors (Lipinski definition) is 3. The first kappa shape index (κ1) is 18.3. The quantitative estimate of drug-likeness (QED) is 0.777. The SMILES string of the molecule is CC(=O)OC[C@]1(C)CCC[C@]2(C)c3cc(O)c(C(C)C)cc3CC[C@@H]12. The third-order valence-corrected chi connectivity index (χ3v) is 6.85. The van der Waals surface area contributed by atoms with Gasteiger partial charge in [-0.2, -0.15) is 0 Å². The third-order valence-electron chi connectivity index (χ3n) is 6.85. The molecule has 1 aromatic carbocycles. The van der Waals surface area contributed by atoms with Crippen molar-refractivity contribution in [3.63, 3.8) is 0 Å². The molecular weight excluding hydrogens is 312 g/mol. The number of aromatic hydroxyl groups is 1. The predicted octanol–water partition coefficient (Wildman–Crippen LogP) is 5.09. The van der Waals surface area contributed by atoms with Crippen LogP contribution in [0.15, 0.2) is 12.1 Å². The molecule has 0 amide bonds. The van der Waals surface area contributed by atoms with E-state index < -0.39 is 0 Å². The maximum absolute atomic E-state index is 11.4. The van der Waals surface area contributed by atoms with Crippen LogP contribution in [0.3, 0.4) is 0 Å². The van der Waals surface area contributed by atoms with Crippen LogP contribution >= 0.6 is 0 Å². The van der Waals surface area contributed by atoms with E-state index in [9.17, 15) is 9.90 Å². The van der Waals surface area contributed by atoms with Crippen LogP contribution in [0.1, 0.15) is 82.9 Å². The minimum atomic E-state index is -0.191. The Morgan fingerprint density at radius 2 is 2.04 bits per heavy atom. The molecule has 0 radical (unpaired) electrons. The average Bonchev–Trinajstić information content (AvgIpc) is 2.53. The number of esters is 1. The minimum Gasteiger partial charge on any atom is -0.508 e. The van der Waals surface area contributed by atoms with Crippen molar-refractivity contribution in [2.24, 2.45) is 11.3 Å². The van der Waals surface area contributed by atoms with E-state index in [0.717, 1.165) is 37.7 Å². The van der Waals surface area contributed by atoms with Crippen LogP contribution in [0.5, 0.6) is 5.75 Å². The number of carbonyl (C=O) groups excluding carboxylic acids is 1. The molecule has 0 saturated heterocycles. The number of phenols is 1. The highest BCUT2D eigenvalue weighted by atomic mass is 16.5. The van der Waals surface area contributed by atoms with E-state index in [1.54, 1.807) is 0 Å². The van der Waals surface area contributed by atoms with E-state index in [4.69, 9.17) is 4.74 Å². The molecule has 3 rings (SSSR count). The molecule has 2 aliphatic rings. The molecule has 3 atom stereocenters. The summed E-state index contributed by atoms with van der Waals surface area (Å²) in [6, 6.07) is 4.27. The Morgan fingerprint density at radius 3 is 2.68 bits per heavy atom. The van der Waals surface area contributed by atoms with Gasteiger partial charge in [0.2, 0.25) is 0 Å². The molecule has 0 spiro atoms. The standard InChI is InChI=1S/C22H32O3/c1-14(2)17-11-16-7-8-20-21(4,13-25-15(3)23)9-6-10-22(20,5)18(16)12-19(17)24/h11-12,14,20,24H,6-10,13H2,1-5H3/t20-,21-,22+/m0/s1. The molecule has 0 aliphatic heterocycles. The molecule has 1 N–H and O–H groups in total. The Labute approximate surface area is 151 Å². The summed E-state index contributed by atoms with van der Waals surface area (Å²) in [6.45, 7) is 10.9. The number of phenolic OH excluding ortho intramolecular Hbond substituents is 1. The second-order valence-corrected chi connectivity index (χ2v) is 9.02. The van der Waals surface area contributed by atoms with Crippen LogP contribution in [0.4, 0.5) is 0 Å². The Balaban J connectivity index is 2.01. The van der Waals surface area contributed by atoms with Gasteiger partial charge in [0.1, 0.15) is 5.75 Å². The molecule has 2 aliphatic carbocycles. The Kier molecular flexibility index (Phi) is 4.63. The topological polar surface area (TPSA) is 46.5 Å². The monoisotopic (exact) mass is 344 g/mol. The highest BCUT2D eigenvalue weighted by Crippen LogP contribution is 2.58. The van der Waals surface area contributed by atoms with Crippen LogP contribution in [-0.4, -0.2) is 17.7 Å². The lowest BCUT2D eigenvalue weighted by atomic mass is 9.50. The molecule has 0 bridgehead atoms. The van der Waals surface area contributed by atoms with Crippen LogP contribution in [-0.2, 0) is 21.4 Å². The fourth-order valence-electron chi connectivity index (χ4n) is 5.56. The summed E-state index contributed by atoms with van der Waals surface area (Å²) in [7, 11) is 0. The van der Waals surface area contributed by atoms with Gasteiger partial charge >= 0.3 is 5.97 Å². The minimum absolute atomic E-state index is 0.0166. The van der Waals surface area contributed by atoms with Gasteiger partial charge in [0, 0.05) is 12.3 Å². The first-order valence-corrected chi connectivity index (χ1v) is 9.67. The Hall–Kier alpha value is -1.51. The van der Waals surface area contributed by atoms with Gasteiger partial charge in [-0.1, -0.05) is 40.2 Å². The number of carbonyl (C=O) groups is 1. The van der Waals surface area contributed by atoms with Crippen molar-refractivity contribution in [2.45, 2.75) is 78.1 Å². The molecule has 3 heteroatoms. The van der Waals surface area contributed by atoms with E-state index >= 15 is 0 Å². The molecule has 1 fully saturated rings. The van der Waals surface area contributed by atoms with E-state index in [1.807, 2.05) is 6.07 Å². The molecule has 0 unspecified atom stereocenters. The molecular formula is C22H32O3. The van der Waals surface area contributed by atoms with Gasteiger partial charge in [0.25, 0.3) is 0 Å². The first-order chi connectivity index (χ1) is 11.7. The lowest BCUT2D eigenvalue weighted by molar-refractivity contribution is -0.148. The lowest BCUT2D eigenvalue weighted by Crippen LogP contribution is -2.51. The third kappa shape index (κ3) is 3.07. The van der Waals surface area contributed by atoms with Gasteiger partial charge in [0.05, 0.1) is 6.61 Å². The van der Waals surface area contributed by atoms with Gasteiger partial charge < -0.3 is 9.84 Å². The number of rotatable bonds is 3. The Morgan fingerprint density at radius 1 is 1.32 bits per heavy atom. The van der Waals surface area contributed by atoms with Crippen molar-refractivity contribution in [3.8, 4) is 5.75 Å². The van der Waals surface area contributed by atoms with Crippen molar-refractivity contribution < 1.29 is 14.6 Å². The normalized spacial score (nSPS) is 31.4. The highest BCUT2D eigenvalue weighted by molar-refractivity contribution is 5.65. The smallest absolute Gasteiger partial charge is 0.302 e. The molecule has 1 saturated carbocycles. The average molecular weight is 344 g/mol. The van der Waals surface area contributed by atoms with Crippen LogP contribution in [0.2, 0.25) is 0 Å². The zero-order valence-electron chi connectivity index (χ0n) is 16.3. The molecule has 0 heterocycles. The highest BCUT2D eigenvalue weighted by Gasteiger charge is 2.52. The second-order valence-electron chi connectivity index (χ2n) is 9.02. The number of benzene rings is 1. The number of ether oxygens (including phenoxy) is 1. The van der Waals surface area contributed by atoms with Gasteiger partial charge in [0.15, 0.2) is 0 Å². The molecule has 138 valence electrons. The Bertz CT molecular complexity index is 678. The number of fused-ring (bicyclic) bond motifs is 3. The maximum Gasteiger partial charge on any atom is 0.302 e. The summed E-state index contributed by atoms with van der Waals surface area (Å²) in [5.74, 6) is 1.05. The van der Waals surface area contributed by atoms with Crippen molar-refractivity contribution in [3.05, 3.63) is 28.8 Å². The predicted molar refractivity (Wildman–Crippen MR) is 99.9 cm³/mol. The molecule has 3 nitrogen and oxygen atoms in total. The lowest BCUT2D eigenvalue weighted by Gasteiger charge is -2.55. The van der Waals surface area contributed by atoms with Crippen molar-refractivity contribution >= 4 is 5.97 Å².